The fraction of sp³-hybridized carbons (Fsp3) is 0.250. The Bertz CT molecular complexity index is 1170. The molecule has 29 heavy (non-hydrogen) atoms. The van der Waals surface area contributed by atoms with Crippen LogP contribution < -0.4 is 0 Å². The number of benzene rings is 2. The van der Waals surface area contributed by atoms with E-state index in [4.69, 9.17) is 11.6 Å². The van der Waals surface area contributed by atoms with Crippen molar-refractivity contribution in [3.63, 3.8) is 0 Å². The molecule has 3 aromatic rings. The first-order valence-corrected chi connectivity index (χ1v) is 11.0. The molecular weight excluding hydrogens is 417 g/mol. The van der Waals surface area contributed by atoms with Gasteiger partial charge in [0.15, 0.2) is 0 Å². The van der Waals surface area contributed by atoms with Crippen LogP contribution >= 0.6 is 11.6 Å². The van der Waals surface area contributed by atoms with E-state index in [-0.39, 0.29) is 35.3 Å². The Labute approximate surface area is 172 Å². The van der Waals surface area contributed by atoms with Crippen LogP contribution in [0.2, 0.25) is 5.02 Å². The van der Waals surface area contributed by atoms with E-state index < -0.39 is 15.8 Å². The molecule has 1 fully saturated rings. The fourth-order valence-electron chi connectivity index (χ4n) is 3.52. The number of nitrogens with zero attached hydrogens (tertiary/aromatic N) is 2. The van der Waals surface area contributed by atoms with Gasteiger partial charge in [0.2, 0.25) is 15.9 Å². The third-order valence-electron chi connectivity index (χ3n) is 5.14. The number of carbonyl (C=O) groups is 1. The highest BCUT2D eigenvalue weighted by molar-refractivity contribution is 7.89. The fourth-order valence-corrected chi connectivity index (χ4v) is 5.21. The lowest BCUT2D eigenvalue weighted by molar-refractivity contribution is -0.131. The third kappa shape index (κ3) is 3.88. The zero-order chi connectivity index (χ0) is 20.6. The van der Waals surface area contributed by atoms with Crippen LogP contribution in [0.15, 0.2) is 53.6 Å². The summed E-state index contributed by atoms with van der Waals surface area (Å²) in [6.45, 7) is 0.957. The first-order chi connectivity index (χ1) is 13.9. The molecule has 1 N–H and O–H groups in total. The van der Waals surface area contributed by atoms with Crippen LogP contribution in [0.5, 0.6) is 0 Å². The largest absolute Gasteiger partial charge is 0.361 e. The highest BCUT2D eigenvalue weighted by atomic mass is 35.5. The maximum atomic E-state index is 13.3. The molecule has 0 bridgehead atoms. The van der Waals surface area contributed by atoms with Crippen LogP contribution in [-0.2, 0) is 21.2 Å². The number of H-pyrrole nitrogens is 1. The molecule has 4 rings (SSSR count). The molecule has 1 aliphatic heterocycles. The van der Waals surface area contributed by atoms with Gasteiger partial charge in [-0.3, -0.25) is 4.79 Å². The lowest BCUT2D eigenvalue weighted by atomic mass is 10.1. The van der Waals surface area contributed by atoms with E-state index in [1.54, 1.807) is 4.90 Å². The summed E-state index contributed by atoms with van der Waals surface area (Å²) in [5.41, 5.74) is 1.89. The first kappa shape index (κ1) is 19.9. The number of rotatable bonds is 4. The number of aromatic nitrogens is 1. The summed E-state index contributed by atoms with van der Waals surface area (Å²) in [5, 5.41) is 0.772. The van der Waals surface area contributed by atoms with E-state index in [1.807, 2.05) is 30.5 Å². The third-order valence-corrected chi connectivity index (χ3v) is 7.32. The van der Waals surface area contributed by atoms with Crippen molar-refractivity contribution in [2.75, 3.05) is 26.2 Å². The van der Waals surface area contributed by atoms with Crippen molar-refractivity contribution >= 4 is 38.4 Å². The van der Waals surface area contributed by atoms with Crippen LogP contribution in [-0.4, -0.2) is 54.7 Å². The van der Waals surface area contributed by atoms with E-state index in [9.17, 15) is 17.6 Å². The molecule has 0 saturated carbocycles. The van der Waals surface area contributed by atoms with Crippen LogP contribution in [0.25, 0.3) is 10.9 Å². The number of hydrogen-bond donors (Lipinski definition) is 1. The molecule has 9 heteroatoms. The topological polar surface area (TPSA) is 73.5 Å². The lowest BCUT2D eigenvalue weighted by Gasteiger charge is -2.34. The number of carbonyl (C=O) groups excluding carboxylic acids is 1. The van der Waals surface area contributed by atoms with Crippen molar-refractivity contribution in [1.29, 1.82) is 0 Å². The van der Waals surface area contributed by atoms with Crippen molar-refractivity contribution in [2.45, 2.75) is 11.3 Å². The number of amides is 1. The summed E-state index contributed by atoms with van der Waals surface area (Å²) >= 11 is 5.72. The number of fused-ring (bicyclic) bond motifs is 1. The minimum Gasteiger partial charge on any atom is -0.361 e. The van der Waals surface area contributed by atoms with Gasteiger partial charge in [0.1, 0.15) is 5.82 Å². The van der Waals surface area contributed by atoms with Gasteiger partial charge in [-0.2, -0.15) is 4.31 Å². The van der Waals surface area contributed by atoms with Crippen molar-refractivity contribution in [3.8, 4) is 0 Å². The second-order valence-electron chi connectivity index (χ2n) is 6.90. The van der Waals surface area contributed by atoms with Crippen LogP contribution in [0.1, 0.15) is 5.56 Å². The molecule has 1 saturated heterocycles. The van der Waals surface area contributed by atoms with E-state index in [0.717, 1.165) is 28.6 Å². The van der Waals surface area contributed by atoms with Gasteiger partial charge in [0.25, 0.3) is 0 Å². The summed E-state index contributed by atoms with van der Waals surface area (Å²) in [5.74, 6) is -0.713. The number of hydrogen-bond acceptors (Lipinski definition) is 3. The molecule has 2 heterocycles. The van der Waals surface area contributed by atoms with E-state index in [2.05, 4.69) is 4.98 Å². The van der Waals surface area contributed by atoms with Crippen LogP contribution in [0.3, 0.4) is 0 Å². The Hall–Kier alpha value is -2.42. The number of halogens is 2. The smallest absolute Gasteiger partial charge is 0.243 e. The first-order valence-electron chi connectivity index (χ1n) is 9.14. The minimum atomic E-state index is -3.79. The van der Waals surface area contributed by atoms with Gasteiger partial charge in [0, 0.05) is 43.3 Å². The summed E-state index contributed by atoms with van der Waals surface area (Å²) in [7, 11) is -3.79. The summed E-state index contributed by atoms with van der Waals surface area (Å²) < 4.78 is 40.2. The number of nitrogens with one attached hydrogen (secondary N) is 1. The van der Waals surface area contributed by atoms with Gasteiger partial charge in [-0.15, -0.1) is 0 Å². The highest BCUT2D eigenvalue weighted by Crippen LogP contribution is 2.24. The molecule has 0 spiro atoms. The predicted octanol–water partition coefficient (Wildman–Crippen LogP) is 3.04. The minimum absolute atomic E-state index is 0.0448. The second kappa shape index (κ2) is 7.78. The van der Waals surface area contributed by atoms with Gasteiger partial charge < -0.3 is 9.88 Å². The summed E-state index contributed by atoms with van der Waals surface area (Å²) in [4.78, 5) is 17.5. The SMILES string of the molecule is O=C(Cc1c[nH]c2ccccc12)N1CCN(S(=O)(=O)c2ccc(F)c(Cl)c2)CC1. The zero-order valence-corrected chi connectivity index (χ0v) is 17.0. The highest BCUT2D eigenvalue weighted by Gasteiger charge is 2.30. The molecule has 2 aromatic carbocycles. The Morgan fingerprint density at radius 2 is 1.83 bits per heavy atom. The Balaban J connectivity index is 1.42. The van der Waals surface area contributed by atoms with E-state index >= 15 is 0 Å². The Morgan fingerprint density at radius 3 is 2.55 bits per heavy atom. The molecule has 152 valence electrons. The number of sulfonamides is 1. The van der Waals surface area contributed by atoms with E-state index in [1.165, 1.54) is 10.4 Å². The standard InChI is InChI=1S/C20H19ClFN3O3S/c21-17-12-15(5-6-18(17)22)29(27,28)25-9-7-24(8-10-25)20(26)11-14-13-23-19-4-2-1-3-16(14)19/h1-6,12-13,23H,7-11H2. The molecule has 6 nitrogen and oxygen atoms in total. The van der Waals surface area contributed by atoms with Crippen molar-refractivity contribution in [2.24, 2.45) is 0 Å². The molecule has 1 aromatic heterocycles. The second-order valence-corrected chi connectivity index (χ2v) is 9.24. The van der Waals surface area contributed by atoms with Crippen LogP contribution in [0, 0.1) is 5.82 Å². The van der Waals surface area contributed by atoms with Crippen molar-refractivity contribution < 1.29 is 17.6 Å². The average molecular weight is 436 g/mol. The molecule has 0 unspecified atom stereocenters. The quantitative estimate of drug-likeness (QED) is 0.684. The van der Waals surface area contributed by atoms with Gasteiger partial charge in [-0.05, 0) is 29.8 Å². The Kier molecular flexibility index (Phi) is 5.33. The van der Waals surface area contributed by atoms with Crippen molar-refractivity contribution in [1.82, 2.24) is 14.2 Å². The molecule has 1 aliphatic rings. The monoisotopic (exact) mass is 435 g/mol. The van der Waals surface area contributed by atoms with E-state index in [0.29, 0.717) is 13.1 Å². The maximum absolute atomic E-state index is 13.3. The molecule has 0 atom stereocenters. The van der Waals surface area contributed by atoms with Crippen molar-refractivity contribution in [3.05, 3.63) is 65.1 Å². The predicted molar refractivity (Wildman–Crippen MR) is 109 cm³/mol. The number of para-hydroxylation sites is 1. The van der Waals surface area contributed by atoms with Gasteiger partial charge in [-0.1, -0.05) is 29.8 Å². The summed E-state index contributed by atoms with van der Waals surface area (Å²) in [6, 6.07) is 11.1. The molecule has 0 radical (unpaired) electrons. The van der Waals surface area contributed by atoms with Crippen LogP contribution in [0.4, 0.5) is 4.39 Å². The number of aromatic amines is 1. The zero-order valence-electron chi connectivity index (χ0n) is 15.4. The molecule has 1 amide bonds. The average Bonchev–Trinajstić information content (AvgIpc) is 3.13. The molecule has 0 aliphatic carbocycles. The normalized spacial score (nSPS) is 15.7. The maximum Gasteiger partial charge on any atom is 0.243 e. The van der Waals surface area contributed by atoms with Gasteiger partial charge >= 0.3 is 0 Å². The van der Waals surface area contributed by atoms with Gasteiger partial charge in [-0.25, -0.2) is 12.8 Å². The molecular formula is C20H19ClFN3O3S. The summed E-state index contributed by atoms with van der Waals surface area (Å²) in [6.07, 6.45) is 2.09. The number of piperazine rings is 1. The van der Waals surface area contributed by atoms with Gasteiger partial charge in [0.05, 0.1) is 16.3 Å². The lowest BCUT2D eigenvalue weighted by Crippen LogP contribution is -2.50. The Morgan fingerprint density at radius 1 is 1.10 bits per heavy atom.